The molecule has 2 aromatic rings. The number of fused-ring (bicyclic) bond motifs is 1. The van der Waals surface area contributed by atoms with E-state index in [0.29, 0.717) is 0 Å². The summed E-state index contributed by atoms with van der Waals surface area (Å²) in [5.74, 6) is -1.25. The third-order valence-electron chi connectivity index (χ3n) is 2.21. The van der Waals surface area contributed by atoms with Gasteiger partial charge in [-0.25, -0.2) is 8.78 Å². The molecule has 0 aliphatic rings. The molecule has 1 aromatic heterocycles. The monoisotopic (exact) mass is 210 g/mol. The van der Waals surface area contributed by atoms with Gasteiger partial charge in [0.25, 0.3) is 5.56 Å². The molecule has 0 aliphatic carbocycles. The largest absolute Gasteiger partial charge is 0.326 e. The summed E-state index contributed by atoms with van der Waals surface area (Å²) in [5.41, 5.74) is 4.90. The van der Waals surface area contributed by atoms with Crippen molar-refractivity contribution in [1.29, 1.82) is 0 Å². The Morgan fingerprint density at radius 3 is 2.60 bits per heavy atom. The van der Waals surface area contributed by atoms with Crippen LogP contribution in [-0.4, -0.2) is 4.98 Å². The number of nitrogens with one attached hydrogen (secondary N) is 1. The first kappa shape index (κ1) is 9.79. The van der Waals surface area contributed by atoms with Crippen molar-refractivity contribution in [3.63, 3.8) is 0 Å². The van der Waals surface area contributed by atoms with Gasteiger partial charge in [0.1, 0.15) is 11.6 Å². The molecule has 78 valence electrons. The Kier molecular flexibility index (Phi) is 2.24. The molecular formula is C10H8F2N2O. The predicted molar refractivity (Wildman–Crippen MR) is 52.4 cm³/mol. The first-order valence-electron chi connectivity index (χ1n) is 4.33. The minimum atomic E-state index is -0.660. The second-order valence-electron chi connectivity index (χ2n) is 3.15. The van der Waals surface area contributed by atoms with Crippen LogP contribution >= 0.6 is 0 Å². The summed E-state index contributed by atoms with van der Waals surface area (Å²) in [4.78, 5) is 13.6. The lowest BCUT2D eigenvalue weighted by Crippen LogP contribution is -2.16. The molecule has 0 fully saturated rings. The Morgan fingerprint density at radius 1 is 1.27 bits per heavy atom. The molecule has 2 rings (SSSR count). The van der Waals surface area contributed by atoms with Crippen molar-refractivity contribution in [1.82, 2.24) is 4.98 Å². The second kappa shape index (κ2) is 3.43. The van der Waals surface area contributed by atoms with Crippen LogP contribution in [0.2, 0.25) is 0 Å². The molecule has 0 spiro atoms. The van der Waals surface area contributed by atoms with E-state index in [0.717, 1.165) is 12.1 Å². The summed E-state index contributed by atoms with van der Waals surface area (Å²) in [6.45, 7) is -0.0127. The lowest BCUT2D eigenvalue weighted by atomic mass is 10.1. The summed E-state index contributed by atoms with van der Waals surface area (Å²) in [6.07, 6.45) is 0. The van der Waals surface area contributed by atoms with Crippen molar-refractivity contribution in [3.8, 4) is 0 Å². The van der Waals surface area contributed by atoms with E-state index in [1.165, 1.54) is 6.07 Å². The molecule has 0 aliphatic heterocycles. The zero-order valence-electron chi connectivity index (χ0n) is 7.68. The molecule has 0 atom stereocenters. The maximum atomic E-state index is 13.3. The number of aromatic amines is 1. The zero-order valence-corrected chi connectivity index (χ0v) is 7.68. The van der Waals surface area contributed by atoms with E-state index >= 15 is 0 Å². The Labute approximate surface area is 83.5 Å². The highest BCUT2D eigenvalue weighted by Crippen LogP contribution is 2.18. The fraction of sp³-hybridized carbons (Fsp3) is 0.100. The minimum absolute atomic E-state index is 0.0127. The van der Waals surface area contributed by atoms with Gasteiger partial charge in [0.15, 0.2) is 0 Å². The molecule has 0 unspecified atom stereocenters. The van der Waals surface area contributed by atoms with E-state index in [2.05, 4.69) is 4.98 Å². The van der Waals surface area contributed by atoms with Crippen LogP contribution in [0.25, 0.3) is 10.9 Å². The third kappa shape index (κ3) is 1.50. The lowest BCUT2D eigenvalue weighted by Gasteiger charge is -2.02. The molecule has 1 aromatic carbocycles. The summed E-state index contributed by atoms with van der Waals surface area (Å²) in [7, 11) is 0. The SMILES string of the molecule is NCc1cc2c(F)ccc(F)c2[nH]c1=O. The molecule has 0 bridgehead atoms. The van der Waals surface area contributed by atoms with Crippen molar-refractivity contribution in [2.45, 2.75) is 6.54 Å². The normalized spacial score (nSPS) is 10.9. The molecule has 0 saturated heterocycles. The highest BCUT2D eigenvalue weighted by atomic mass is 19.1. The van der Waals surface area contributed by atoms with E-state index in [-0.39, 0.29) is 23.0 Å². The van der Waals surface area contributed by atoms with Crippen molar-refractivity contribution in [2.24, 2.45) is 5.73 Å². The lowest BCUT2D eigenvalue weighted by molar-refractivity contribution is 0.614. The maximum Gasteiger partial charge on any atom is 0.253 e. The Bertz CT molecular complexity index is 577. The maximum absolute atomic E-state index is 13.3. The summed E-state index contributed by atoms with van der Waals surface area (Å²) in [6, 6.07) is 3.25. The van der Waals surface area contributed by atoms with E-state index in [4.69, 9.17) is 5.73 Å². The number of hydrogen-bond acceptors (Lipinski definition) is 2. The van der Waals surface area contributed by atoms with Crippen LogP contribution in [0, 0.1) is 11.6 Å². The standard InChI is InChI=1S/C10H8F2N2O/c11-7-1-2-8(12)9-6(7)3-5(4-13)10(15)14-9/h1-3H,4,13H2,(H,14,15). The number of pyridine rings is 1. The Morgan fingerprint density at radius 2 is 1.93 bits per heavy atom. The molecule has 3 N–H and O–H groups in total. The van der Waals surface area contributed by atoms with Crippen LogP contribution in [0.5, 0.6) is 0 Å². The van der Waals surface area contributed by atoms with Gasteiger partial charge in [-0.05, 0) is 18.2 Å². The van der Waals surface area contributed by atoms with E-state index in [9.17, 15) is 13.6 Å². The van der Waals surface area contributed by atoms with Gasteiger partial charge in [-0.2, -0.15) is 0 Å². The highest BCUT2D eigenvalue weighted by molar-refractivity contribution is 5.80. The highest BCUT2D eigenvalue weighted by Gasteiger charge is 2.09. The number of halogens is 2. The molecule has 3 nitrogen and oxygen atoms in total. The van der Waals surface area contributed by atoms with Gasteiger partial charge in [-0.1, -0.05) is 0 Å². The van der Waals surface area contributed by atoms with Gasteiger partial charge in [0.05, 0.1) is 5.52 Å². The van der Waals surface area contributed by atoms with Gasteiger partial charge in [0.2, 0.25) is 0 Å². The number of H-pyrrole nitrogens is 1. The van der Waals surface area contributed by atoms with Crippen LogP contribution in [0.15, 0.2) is 23.0 Å². The topological polar surface area (TPSA) is 58.9 Å². The second-order valence-corrected chi connectivity index (χ2v) is 3.15. The van der Waals surface area contributed by atoms with Gasteiger partial charge in [-0.15, -0.1) is 0 Å². The quantitative estimate of drug-likeness (QED) is 0.744. The van der Waals surface area contributed by atoms with Crippen molar-refractivity contribution < 1.29 is 8.78 Å². The third-order valence-corrected chi connectivity index (χ3v) is 2.21. The molecule has 0 saturated carbocycles. The average Bonchev–Trinajstić information content (AvgIpc) is 2.23. The molecule has 5 heteroatoms. The molecule has 1 heterocycles. The van der Waals surface area contributed by atoms with Crippen LogP contribution in [-0.2, 0) is 6.54 Å². The Hall–Kier alpha value is -1.75. The molecular weight excluding hydrogens is 202 g/mol. The fourth-order valence-electron chi connectivity index (χ4n) is 1.42. The van der Waals surface area contributed by atoms with Crippen LogP contribution in [0.3, 0.4) is 0 Å². The fourth-order valence-corrected chi connectivity index (χ4v) is 1.42. The summed E-state index contributed by atoms with van der Waals surface area (Å²) < 4.78 is 26.5. The van der Waals surface area contributed by atoms with Gasteiger partial charge >= 0.3 is 0 Å². The van der Waals surface area contributed by atoms with E-state index in [1.807, 2.05) is 0 Å². The van der Waals surface area contributed by atoms with Gasteiger partial charge in [0, 0.05) is 17.5 Å². The number of nitrogens with two attached hydrogens (primary N) is 1. The van der Waals surface area contributed by atoms with Crippen molar-refractivity contribution >= 4 is 10.9 Å². The van der Waals surface area contributed by atoms with Gasteiger partial charge < -0.3 is 10.7 Å². The number of benzene rings is 1. The smallest absolute Gasteiger partial charge is 0.253 e. The number of aromatic nitrogens is 1. The first-order chi connectivity index (χ1) is 7.13. The van der Waals surface area contributed by atoms with Crippen LogP contribution < -0.4 is 11.3 Å². The van der Waals surface area contributed by atoms with Gasteiger partial charge in [-0.3, -0.25) is 4.79 Å². The predicted octanol–water partition coefficient (Wildman–Crippen LogP) is 1.26. The number of rotatable bonds is 1. The first-order valence-corrected chi connectivity index (χ1v) is 4.33. The summed E-state index contributed by atoms with van der Waals surface area (Å²) in [5, 5.41) is 0.0371. The Balaban J connectivity index is 2.92. The van der Waals surface area contributed by atoms with Crippen molar-refractivity contribution in [3.05, 3.63) is 45.8 Å². The van der Waals surface area contributed by atoms with E-state index in [1.54, 1.807) is 0 Å². The molecule has 15 heavy (non-hydrogen) atoms. The number of hydrogen-bond donors (Lipinski definition) is 2. The van der Waals surface area contributed by atoms with Crippen LogP contribution in [0.4, 0.5) is 8.78 Å². The van der Waals surface area contributed by atoms with Crippen LogP contribution in [0.1, 0.15) is 5.56 Å². The minimum Gasteiger partial charge on any atom is -0.326 e. The average molecular weight is 210 g/mol. The molecule has 0 amide bonds. The zero-order chi connectivity index (χ0) is 11.0. The summed E-state index contributed by atoms with van der Waals surface area (Å²) >= 11 is 0. The van der Waals surface area contributed by atoms with E-state index < -0.39 is 17.2 Å². The van der Waals surface area contributed by atoms with Crippen molar-refractivity contribution in [2.75, 3.05) is 0 Å². The molecule has 0 radical (unpaired) electrons.